The molecule has 1 heterocycles. The summed E-state index contributed by atoms with van der Waals surface area (Å²) in [5.41, 5.74) is 13.0. The Hall–Kier alpha value is -4.20. The number of oxime groups is 1. The number of carboxylic acids is 1. The fourth-order valence-electron chi connectivity index (χ4n) is 2.92. The predicted octanol–water partition coefficient (Wildman–Crippen LogP) is 1.88. The van der Waals surface area contributed by atoms with Gasteiger partial charge in [0.05, 0.1) is 10.6 Å². The fraction of sp³-hybridized carbons (Fsp3) is 0.300. The highest BCUT2D eigenvalue weighted by molar-refractivity contribution is 7.92. The summed E-state index contributed by atoms with van der Waals surface area (Å²) in [6.45, 7) is 2.75. The first-order valence-electron chi connectivity index (χ1n) is 10.5. The van der Waals surface area contributed by atoms with E-state index in [1.54, 1.807) is 0 Å². The molecule has 2 atom stereocenters. The van der Waals surface area contributed by atoms with Gasteiger partial charge in [-0.25, -0.2) is 13.2 Å². The molecular weight excluding hydrogens is 618 g/mol. The van der Waals surface area contributed by atoms with Gasteiger partial charge in [0.2, 0.25) is 11.9 Å². The van der Waals surface area contributed by atoms with E-state index in [0.717, 1.165) is 16.7 Å². The van der Waals surface area contributed by atoms with E-state index in [1.807, 2.05) is 4.72 Å². The molecule has 41 heavy (non-hydrogen) atoms. The molecule has 1 aromatic carbocycles. The quantitative estimate of drug-likeness (QED) is 0.123. The highest BCUT2D eigenvalue weighted by Gasteiger charge is 2.38. The highest BCUT2D eigenvalue weighted by Crippen LogP contribution is 2.34. The van der Waals surface area contributed by atoms with Crippen LogP contribution in [0.15, 0.2) is 45.2 Å². The van der Waals surface area contributed by atoms with Gasteiger partial charge in [-0.1, -0.05) is 11.6 Å². The van der Waals surface area contributed by atoms with Gasteiger partial charge in [-0.05, 0) is 49.3 Å². The number of carbonyl (C=O) groups excluding carboxylic acids is 1. The molecule has 0 saturated heterocycles. The Balaban J connectivity index is 0.00000106. The first-order valence-corrected chi connectivity index (χ1v) is 12.3. The normalized spacial score (nSPS) is 13.2. The molecule has 13 nitrogen and oxygen atoms in total. The molecule has 0 radical (unpaired) electrons. The van der Waals surface area contributed by atoms with E-state index < -0.39 is 79.1 Å². The first kappa shape index (κ1) is 34.8. The van der Waals surface area contributed by atoms with Crippen molar-refractivity contribution in [1.82, 2.24) is 4.57 Å². The molecule has 0 aliphatic heterocycles. The second-order valence-corrected chi connectivity index (χ2v) is 9.85. The standard InChI is InChI=1S/C18H20ClF3N6O5S.C2HF3O2/c1-8-3-6-12(16(30)28(8)14(15(23)29)9(2)33-26-17(24)25)27-34(31,32)13-7-10(18(20,21)22)4-5-11(13)19;3-2(4,5)1(6)7/h3-7,9,14,27H,1-2H3,(H2,23,29)(H4,24,25,26);(H,6,7). The number of benzene rings is 1. The van der Waals surface area contributed by atoms with Crippen LogP contribution in [0.25, 0.3) is 0 Å². The zero-order chi connectivity index (χ0) is 32.1. The van der Waals surface area contributed by atoms with E-state index in [1.165, 1.54) is 19.9 Å². The minimum atomic E-state index is -5.08. The number of aromatic nitrogens is 1. The van der Waals surface area contributed by atoms with E-state index in [4.69, 9.17) is 43.5 Å². The molecule has 1 aromatic heterocycles. The number of carboxylic acid groups (broad SMARTS) is 1. The smallest absolute Gasteiger partial charge is 0.475 e. The molecule has 0 aliphatic carbocycles. The number of aryl methyl sites for hydroxylation is 1. The van der Waals surface area contributed by atoms with Crippen molar-refractivity contribution in [2.24, 2.45) is 22.4 Å². The molecule has 228 valence electrons. The third-order valence-corrected chi connectivity index (χ3v) is 6.54. The van der Waals surface area contributed by atoms with Gasteiger partial charge < -0.3 is 27.1 Å². The van der Waals surface area contributed by atoms with Crippen molar-refractivity contribution in [3.05, 3.63) is 57.0 Å². The van der Waals surface area contributed by atoms with Gasteiger partial charge in [0.15, 0.2) is 12.1 Å². The third-order valence-electron chi connectivity index (χ3n) is 4.69. The molecule has 2 aromatic rings. The van der Waals surface area contributed by atoms with E-state index in [-0.39, 0.29) is 5.69 Å². The van der Waals surface area contributed by atoms with Crippen LogP contribution in [0.2, 0.25) is 5.02 Å². The predicted molar refractivity (Wildman–Crippen MR) is 131 cm³/mol. The monoisotopic (exact) mass is 638 g/mol. The van der Waals surface area contributed by atoms with Crippen molar-refractivity contribution in [3.8, 4) is 0 Å². The average molecular weight is 639 g/mol. The topological polar surface area (TPSA) is 222 Å². The molecule has 0 fully saturated rings. The van der Waals surface area contributed by atoms with Crippen molar-refractivity contribution in [2.45, 2.75) is 43.2 Å². The van der Waals surface area contributed by atoms with E-state index in [2.05, 4.69) is 5.16 Å². The molecular formula is C20H21ClF6N6O7S. The van der Waals surface area contributed by atoms with Crippen LogP contribution in [-0.4, -0.2) is 48.2 Å². The van der Waals surface area contributed by atoms with Gasteiger partial charge in [0.1, 0.15) is 10.6 Å². The number of primary amides is 1. The number of aliphatic carboxylic acids is 1. The lowest BCUT2D eigenvalue weighted by molar-refractivity contribution is -0.192. The number of anilines is 1. The van der Waals surface area contributed by atoms with E-state index >= 15 is 0 Å². The lowest BCUT2D eigenvalue weighted by atomic mass is 10.1. The fourth-order valence-corrected chi connectivity index (χ4v) is 4.51. The van der Waals surface area contributed by atoms with Crippen LogP contribution in [0.4, 0.5) is 32.0 Å². The Labute approximate surface area is 231 Å². The van der Waals surface area contributed by atoms with Crippen LogP contribution < -0.4 is 27.5 Å². The van der Waals surface area contributed by atoms with Crippen molar-refractivity contribution in [3.63, 3.8) is 0 Å². The summed E-state index contributed by atoms with van der Waals surface area (Å²) in [6.07, 6.45) is -11.1. The first-order chi connectivity index (χ1) is 18.5. The summed E-state index contributed by atoms with van der Waals surface area (Å²) >= 11 is 5.81. The van der Waals surface area contributed by atoms with Crippen LogP contribution in [0.3, 0.4) is 0 Å². The number of hydrogen-bond acceptors (Lipinski definition) is 7. The Morgan fingerprint density at radius 1 is 1.10 bits per heavy atom. The van der Waals surface area contributed by atoms with Crippen LogP contribution in [0.5, 0.6) is 0 Å². The van der Waals surface area contributed by atoms with Gasteiger partial charge in [0.25, 0.3) is 15.6 Å². The van der Waals surface area contributed by atoms with Gasteiger partial charge >= 0.3 is 18.3 Å². The second kappa shape index (κ2) is 13.0. The Bertz CT molecular complexity index is 1490. The maximum Gasteiger partial charge on any atom is 0.490 e. The summed E-state index contributed by atoms with van der Waals surface area (Å²) in [4.78, 5) is 38.1. The molecule has 0 saturated carbocycles. The summed E-state index contributed by atoms with van der Waals surface area (Å²) in [5, 5.41) is 9.92. The van der Waals surface area contributed by atoms with Crippen LogP contribution in [0.1, 0.15) is 24.2 Å². The number of hydrogen-bond donors (Lipinski definition) is 5. The van der Waals surface area contributed by atoms with Crippen molar-refractivity contribution in [1.29, 1.82) is 0 Å². The number of nitrogens with one attached hydrogen (secondary N) is 1. The van der Waals surface area contributed by atoms with Crippen molar-refractivity contribution < 1.29 is 54.3 Å². The number of alkyl halides is 6. The minimum Gasteiger partial charge on any atom is -0.475 e. The number of rotatable bonds is 8. The Morgan fingerprint density at radius 2 is 1.63 bits per heavy atom. The molecule has 8 N–H and O–H groups in total. The lowest BCUT2D eigenvalue weighted by Crippen LogP contribution is -2.42. The number of nitrogens with zero attached hydrogens (tertiary/aromatic N) is 2. The molecule has 0 spiro atoms. The van der Waals surface area contributed by atoms with Gasteiger partial charge in [-0.3, -0.25) is 18.9 Å². The molecule has 2 rings (SSSR count). The molecule has 0 aliphatic rings. The number of pyridine rings is 1. The van der Waals surface area contributed by atoms with E-state index in [9.17, 15) is 44.3 Å². The summed E-state index contributed by atoms with van der Waals surface area (Å²) < 4.78 is 99.2. The number of amides is 1. The van der Waals surface area contributed by atoms with Crippen LogP contribution in [-0.2, 0) is 30.6 Å². The summed E-state index contributed by atoms with van der Waals surface area (Å²) in [6, 6.07) is 2.54. The molecule has 2 unspecified atom stereocenters. The van der Waals surface area contributed by atoms with Crippen LogP contribution >= 0.6 is 11.6 Å². The lowest BCUT2D eigenvalue weighted by Gasteiger charge is -2.24. The summed E-state index contributed by atoms with van der Waals surface area (Å²) in [7, 11) is -4.76. The Morgan fingerprint density at radius 3 is 2.07 bits per heavy atom. The highest BCUT2D eigenvalue weighted by atomic mass is 35.5. The summed E-state index contributed by atoms with van der Waals surface area (Å²) in [5.74, 6) is -4.27. The maximum atomic E-state index is 13.1. The zero-order valence-electron chi connectivity index (χ0n) is 20.6. The average Bonchev–Trinajstić information content (AvgIpc) is 2.80. The van der Waals surface area contributed by atoms with Crippen molar-refractivity contribution >= 4 is 45.1 Å². The van der Waals surface area contributed by atoms with Gasteiger partial charge in [-0.15, -0.1) is 0 Å². The number of sulfonamides is 1. The Kier molecular flexibility index (Phi) is 11.0. The second-order valence-electron chi connectivity index (χ2n) is 7.79. The largest absolute Gasteiger partial charge is 0.490 e. The minimum absolute atomic E-state index is 0.175. The van der Waals surface area contributed by atoms with E-state index in [0.29, 0.717) is 12.1 Å². The number of guanidine groups is 1. The maximum absolute atomic E-state index is 13.1. The number of nitrogens with two attached hydrogens (primary N) is 3. The molecule has 21 heteroatoms. The van der Waals surface area contributed by atoms with Crippen LogP contribution in [0, 0.1) is 6.92 Å². The molecule has 0 bridgehead atoms. The van der Waals surface area contributed by atoms with Gasteiger partial charge in [-0.2, -0.15) is 26.3 Å². The number of carbonyl (C=O) groups is 2. The third kappa shape index (κ3) is 9.45. The zero-order valence-corrected chi connectivity index (χ0v) is 22.2. The number of halogens is 7. The van der Waals surface area contributed by atoms with Crippen molar-refractivity contribution in [2.75, 3.05) is 4.72 Å². The van der Waals surface area contributed by atoms with Gasteiger partial charge in [0, 0.05) is 5.69 Å². The molecule has 1 amide bonds. The SMILES string of the molecule is Cc1ccc(NS(=O)(=O)c2cc(C(F)(F)F)ccc2Cl)c(=O)n1C(C(N)=O)C(C)ON=C(N)N.O=C(O)C(F)(F)F.